The third-order valence-electron chi connectivity index (χ3n) is 2.96. The van der Waals surface area contributed by atoms with Gasteiger partial charge in [-0.1, -0.05) is 43.3 Å². The molecule has 1 heterocycles. The maximum Gasteiger partial charge on any atom is 0.0592 e. The van der Waals surface area contributed by atoms with Crippen molar-refractivity contribution in [3.63, 3.8) is 0 Å². The van der Waals surface area contributed by atoms with Crippen molar-refractivity contribution in [1.82, 2.24) is 10.3 Å². The predicted molar refractivity (Wildman–Crippen MR) is 75.6 cm³/mol. The molecule has 0 aliphatic heterocycles. The van der Waals surface area contributed by atoms with Crippen molar-refractivity contribution < 1.29 is 0 Å². The number of benzene rings is 1. The van der Waals surface area contributed by atoms with Gasteiger partial charge >= 0.3 is 0 Å². The summed E-state index contributed by atoms with van der Waals surface area (Å²) in [6.45, 7) is 5.27. The minimum absolute atomic E-state index is 0.235. The molecule has 94 valence electrons. The highest BCUT2D eigenvalue weighted by atomic mass is 14.9. The summed E-state index contributed by atoms with van der Waals surface area (Å²) in [7, 11) is 0. The molecule has 2 aromatic rings. The van der Waals surface area contributed by atoms with Crippen LogP contribution in [0.5, 0.6) is 0 Å². The summed E-state index contributed by atoms with van der Waals surface area (Å²) in [6.07, 6.45) is 4.97. The molecule has 0 aliphatic carbocycles. The fourth-order valence-electron chi connectivity index (χ4n) is 2.10. The predicted octanol–water partition coefficient (Wildman–Crippen LogP) is 3.48. The van der Waals surface area contributed by atoms with Crippen molar-refractivity contribution in [2.24, 2.45) is 0 Å². The highest BCUT2D eigenvalue weighted by molar-refractivity contribution is 5.31. The number of nitrogens with zero attached hydrogens (tertiary/aromatic N) is 1. The molecule has 1 unspecified atom stereocenters. The van der Waals surface area contributed by atoms with Gasteiger partial charge in [-0.25, -0.2) is 0 Å². The Bertz CT molecular complexity index is 479. The van der Waals surface area contributed by atoms with Crippen LogP contribution < -0.4 is 5.32 Å². The van der Waals surface area contributed by atoms with E-state index in [4.69, 9.17) is 0 Å². The first kappa shape index (κ1) is 12.8. The second kappa shape index (κ2) is 6.31. The average molecular weight is 240 g/mol. The van der Waals surface area contributed by atoms with E-state index in [0.29, 0.717) is 0 Å². The SMILES string of the molecule is CCCNC(c1ccccc1)c1cncc(C)c1. The Morgan fingerprint density at radius 2 is 1.89 bits per heavy atom. The molecule has 0 fully saturated rings. The van der Waals surface area contributed by atoms with E-state index in [9.17, 15) is 0 Å². The van der Waals surface area contributed by atoms with E-state index in [1.165, 1.54) is 16.7 Å². The number of hydrogen-bond donors (Lipinski definition) is 1. The summed E-state index contributed by atoms with van der Waals surface area (Å²) in [5, 5.41) is 3.59. The molecule has 0 radical (unpaired) electrons. The molecule has 18 heavy (non-hydrogen) atoms. The Morgan fingerprint density at radius 3 is 2.56 bits per heavy atom. The molecule has 1 N–H and O–H groups in total. The van der Waals surface area contributed by atoms with Crippen LogP contribution in [0.2, 0.25) is 0 Å². The minimum atomic E-state index is 0.235. The average Bonchev–Trinajstić information content (AvgIpc) is 2.40. The van der Waals surface area contributed by atoms with Gasteiger partial charge in [0.15, 0.2) is 0 Å². The molecule has 0 bridgehead atoms. The normalized spacial score (nSPS) is 12.3. The van der Waals surface area contributed by atoms with E-state index in [1.54, 1.807) is 0 Å². The molecule has 0 aliphatic rings. The van der Waals surface area contributed by atoms with Crippen molar-refractivity contribution in [3.8, 4) is 0 Å². The number of aromatic nitrogens is 1. The molecular formula is C16H20N2. The largest absolute Gasteiger partial charge is 0.306 e. The number of aryl methyl sites for hydroxylation is 1. The monoisotopic (exact) mass is 240 g/mol. The smallest absolute Gasteiger partial charge is 0.0592 e. The summed E-state index contributed by atoms with van der Waals surface area (Å²) >= 11 is 0. The molecule has 0 saturated heterocycles. The molecule has 0 spiro atoms. The van der Waals surface area contributed by atoms with Crippen LogP contribution >= 0.6 is 0 Å². The van der Waals surface area contributed by atoms with Crippen molar-refractivity contribution in [2.45, 2.75) is 26.3 Å². The quantitative estimate of drug-likeness (QED) is 0.865. The third kappa shape index (κ3) is 3.17. The van der Waals surface area contributed by atoms with Gasteiger partial charge in [0, 0.05) is 12.4 Å². The summed E-state index contributed by atoms with van der Waals surface area (Å²) in [5.74, 6) is 0. The van der Waals surface area contributed by atoms with E-state index in [-0.39, 0.29) is 6.04 Å². The molecule has 2 rings (SSSR count). The van der Waals surface area contributed by atoms with E-state index >= 15 is 0 Å². The lowest BCUT2D eigenvalue weighted by Crippen LogP contribution is -2.23. The van der Waals surface area contributed by atoms with Crippen LogP contribution in [0, 0.1) is 6.92 Å². The maximum absolute atomic E-state index is 4.30. The van der Waals surface area contributed by atoms with Crippen molar-refractivity contribution in [2.75, 3.05) is 6.54 Å². The minimum Gasteiger partial charge on any atom is -0.306 e. The van der Waals surface area contributed by atoms with Gasteiger partial charge < -0.3 is 5.32 Å². The lowest BCUT2D eigenvalue weighted by atomic mass is 9.99. The molecule has 1 aromatic heterocycles. The lowest BCUT2D eigenvalue weighted by Gasteiger charge is -2.19. The van der Waals surface area contributed by atoms with E-state index in [2.05, 4.69) is 60.5 Å². The Hall–Kier alpha value is -1.67. The van der Waals surface area contributed by atoms with E-state index < -0.39 is 0 Å². The fourth-order valence-corrected chi connectivity index (χ4v) is 2.10. The van der Waals surface area contributed by atoms with Crippen molar-refractivity contribution in [1.29, 1.82) is 0 Å². The number of rotatable bonds is 5. The van der Waals surface area contributed by atoms with Crippen LogP contribution in [0.3, 0.4) is 0 Å². The molecule has 0 saturated carbocycles. The van der Waals surface area contributed by atoms with Crippen LogP contribution in [0.15, 0.2) is 48.8 Å². The van der Waals surface area contributed by atoms with Gasteiger partial charge in [-0.2, -0.15) is 0 Å². The molecule has 1 aromatic carbocycles. The Balaban J connectivity index is 2.31. The zero-order chi connectivity index (χ0) is 12.8. The van der Waals surface area contributed by atoms with E-state index in [0.717, 1.165) is 13.0 Å². The van der Waals surface area contributed by atoms with Crippen LogP contribution in [-0.2, 0) is 0 Å². The molecule has 2 nitrogen and oxygen atoms in total. The lowest BCUT2D eigenvalue weighted by molar-refractivity contribution is 0.596. The second-order valence-electron chi connectivity index (χ2n) is 4.59. The summed E-state index contributed by atoms with van der Waals surface area (Å²) in [6, 6.07) is 13.0. The Morgan fingerprint density at radius 1 is 1.11 bits per heavy atom. The summed E-state index contributed by atoms with van der Waals surface area (Å²) in [5.41, 5.74) is 3.72. The van der Waals surface area contributed by atoms with Gasteiger partial charge in [-0.05, 0) is 36.6 Å². The first-order valence-corrected chi connectivity index (χ1v) is 6.51. The topological polar surface area (TPSA) is 24.9 Å². The zero-order valence-electron chi connectivity index (χ0n) is 11.1. The van der Waals surface area contributed by atoms with Crippen molar-refractivity contribution >= 4 is 0 Å². The van der Waals surface area contributed by atoms with Gasteiger partial charge in [0.25, 0.3) is 0 Å². The number of nitrogens with one attached hydrogen (secondary N) is 1. The van der Waals surface area contributed by atoms with E-state index in [1.807, 2.05) is 12.4 Å². The van der Waals surface area contributed by atoms with Gasteiger partial charge in [-0.15, -0.1) is 0 Å². The summed E-state index contributed by atoms with van der Waals surface area (Å²) < 4.78 is 0. The van der Waals surface area contributed by atoms with Gasteiger partial charge in [0.05, 0.1) is 6.04 Å². The van der Waals surface area contributed by atoms with Crippen LogP contribution in [-0.4, -0.2) is 11.5 Å². The number of pyridine rings is 1. The Kier molecular flexibility index (Phi) is 4.48. The first-order valence-electron chi connectivity index (χ1n) is 6.51. The van der Waals surface area contributed by atoms with Crippen LogP contribution in [0.1, 0.15) is 36.1 Å². The highest BCUT2D eigenvalue weighted by Gasteiger charge is 2.13. The summed E-state index contributed by atoms with van der Waals surface area (Å²) in [4.78, 5) is 4.30. The van der Waals surface area contributed by atoms with Crippen molar-refractivity contribution in [3.05, 3.63) is 65.5 Å². The Labute approximate surface area is 109 Å². The third-order valence-corrected chi connectivity index (χ3v) is 2.96. The first-order chi connectivity index (χ1) is 8.81. The molecular weight excluding hydrogens is 220 g/mol. The van der Waals surface area contributed by atoms with Crippen LogP contribution in [0.4, 0.5) is 0 Å². The second-order valence-corrected chi connectivity index (χ2v) is 4.59. The highest BCUT2D eigenvalue weighted by Crippen LogP contribution is 2.21. The maximum atomic E-state index is 4.30. The van der Waals surface area contributed by atoms with Gasteiger partial charge in [-0.3, -0.25) is 4.98 Å². The zero-order valence-corrected chi connectivity index (χ0v) is 11.1. The van der Waals surface area contributed by atoms with Gasteiger partial charge in [0.2, 0.25) is 0 Å². The molecule has 2 heteroatoms. The molecule has 0 amide bonds. The standard InChI is InChI=1S/C16H20N2/c1-3-9-18-16(14-7-5-4-6-8-14)15-10-13(2)11-17-12-15/h4-8,10-12,16,18H,3,9H2,1-2H3. The van der Waals surface area contributed by atoms with Crippen LogP contribution in [0.25, 0.3) is 0 Å². The number of hydrogen-bond acceptors (Lipinski definition) is 2. The fraction of sp³-hybridized carbons (Fsp3) is 0.312. The molecule has 1 atom stereocenters. The van der Waals surface area contributed by atoms with Gasteiger partial charge in [0.1, 0.15) is 0 Å².